The maximum absolute atomic E-state index is 5.10. The SMILES string of the molecule is COc1ccc(N=C(C)c2ccncc2)cc1. The summed E-state index contributed by atoms with van der Waals surface area (Å²) in [5.41, 5.74) is 2.97. The third-order valence-electron chi connectivity index (χ3n) is 2.47. The number of ether oxygens (including phenoxy) is 1. The lowest BCUT2D eigenvalue weighted by molar-refractivity contribution is 0.415. The molecule has 0 saturated carbocycles. The number of aliphatic imine (C=N–C) groups is 1. The van der Waals surface area contributed by atoms with Gasteiger partial charge in [0.1, 0.15) is 5.75 Å². The molecule has 1 heterocycles. The molecule has 0 unspecified atom stereocenters. The molecule has 0 aliphatic heterocycles. The van der Waals surface area contributed by atoms with Crippen molar-refractivity contribution in [3.63, 3.8) is 0 Å². The summed E-state index contributed by atoms with van der Waals surface area (Å²) in [5.74, 6) is 0.838. The van der Waals surface area contributed by atoms with Gasteiger partial charge in [-0.05, 0) is 48.9 Å². The minimum absolute atomic E-state index is 0.838. The number of hydrogen-bond donors (Lipinski definition) is 0. The second kappa shape index (κ2) is 5.25. The van der Waals surface area contributed by atoms with Gasteiger partial charge in [-0.25, -0.2) is 0 Å². The lowest BCUT2D eigenvalue weighted by atomic mass is 10.2. The Morgan fingerprint density at radius 1 is 1.06 bits per heavy atom. The van der Waals surface area contributed by atoms with Gasteiger partial charge in [0.25, 0.3) is 0 Å². The van der Waals surface area contributed by atoms with Crippen LogP contribution in [0.15, 0.2) is 53.8 Å². The van der Waals surface area contributed by atoms with Gasteiger partial charge in [0.05, 0.1) is 12.8 Å². The zero-order valence-corrected chi connectivity index (χ0v) is 9.92. The maximum atomic E-state index is 5.10. The number of nitrogens with zero attached hydrogens (tertiary/aromatic N) is 2. The molecule has 0 amide bonds. The van der Waals surface area contributed by atoms with Crippen molar-refractivity contribution in [1.82, 2.24) is 4.98 Å². The van der Waals surface area contributed by atoms with Gasteiger partial charge in [0, 0.05) is 18.1 Å². The Labute approximate surface area is 101 Å². The lowest BCUT2D eigenvalue weighted by Gasteiger charge is -2.02. The van der Waals surface area contributed by atoms with E-state index in [1.165, 1.54) is 0 Å². The smallest absolute Gasteiger partial charge is 0.119 e. The van der Waals surface area contributed by atoms with E-state index in [0.29, 0.717) is 0 Å². The predicted molar refractivity (Wildman–Crippen MR) is 69.1 cm³/mol. The van der Waals surface area contributed by atoms with Crippen LogP contribution in [0.5, 0.6) is 5.75 Å². The number of methoxy groups -OCH3 is 1. The van der Waals surface area contributed by atoms with Gasteiger partial charge in [-0.2, -0.15) is 0 Å². The maximum Gasteiger partial charge on any atom is 0.119 e. The highest BCUT2D eigenvalue weighted by molar-refractivity contribution is 6.00. The molecule has 0 saturated heterocycles. The van der Waals surface area contributed by atoms with Crippen LogP contribution in [0.2, 0.25) is 0 Å². The Kier molecular flexibility index (Phi) is 3.50. The highest BCUT2D eigenvalue weighted by atomic mass is 16.5. The quantitative estimate of drug-likeness (QED) is 0.753. The molecule has 0 atom stereocenters. The van der Waals surface area contributed by atoms with E-state index >= 15 is 0 Å². The number of hydrogen-bond acceptors (Lipinski definition) is 3. The lowest BCUT2D eigenvalue weighted by Crippen LogP contribution is -1.93. The second-order valence-corrected chi connectivity index (χ2v) is 3.63. The molecule has 0 bridgehead atoms. The zero-order chi connectivity index (χ0) is 12.1. The first kappa shape index (κ1) is 11.3. The van der Waals surface area contributed by atoms with Crippen LogP contribution in [0.4, 0.5) is 5.69 Å². The van der Waals surface area contributed by atoms with Gasteiger partial charge in [0.2, 0.25) is 0 Å². The Morgan fingerprint density at radius 3 is 2.29 bits per heavy atom. The first-order valence-electron chi connectivity index (χ1n) is 5.39. The monoisotopic (exact) mass is 226 g/mol. The number of rotatable bonds is 3. The summed E-state index contributed by atoms with van der Waals surface area (Å²) in [7, 11) is 1.65. The van der Waals surface area contributed by atoms with Crippen molar-refractivity contribution >= 4 is 11.4 Å². The molecule has 0 aliphatic carbocycles. The second-order valence-electron chi connectivity index (χ2n) is 3.63. The molecule has 3 heteroatoms. The van der Waals surface area contributed by atoms with E-state index in [9.17, 15) is 0 Å². The number of aromatic nitrogens is 1. The van der Waals surface area contributed by atoms with Crippen LogP contribution in [-0.2, 0) is 0 Å². The van der Waals surface area contributed by atoms with Gasteiger partial charge in [-0.1, -0.05) is 0 Å². The van der Waals surface area contributed by atoms with E-state index in [0.717, 1.165) is 22.7 Å². The normalized spacial score (nSPS) is 11.3. The molecule has 1 aromatic carbocycles. The Morgan fingerprint density at radius 2 is 1.71 bits per heavy atom. The summed E-state index contributed by atoms with van der Waals surface area (Å²) >= 11 is 0. The molecular formula is C14H14N2O. The van der Waals surface area contributed by atoms with E-state index in [-0.39, 0.29) is 0 Å². The van der Waals surface area contributed by atoms with E-state index in [4.69, 9.17) is 4.74 Å². The van der Waals surface area contributed by atoms with Gasteiger partial charge in [-0.15, -0.1) is 0 Å². The minimum Gasteiger partial charge on any atom is -0.497 e. The molecule has 0 radical (unpaired) electrons. The third kappa shape index (κ3) is 2.91. The average molecular weight is 226 g/mol. The Balaban J connectivity index is 2.23. The fourth-order valence-electron chi connectivity index (χ4n) is 1.51. The predicted octanol–water partition coefficient (Wildman–Crippen LogP) is 3.23. The zero-order valence-electron chi connectivity index (χ0n) is 9.92. The summed E-state index contributed by atoms with van der Waals surface area (Å²) in [6.07, 6.45) is 3.53. The molecule has 86 valence electrons. The molecule has 0 N–H and O–H groups in total. The van der Waals surface area contributed by atoms with Crippen LogP contribution in [0, 0.1) is 0 Å². The number of pyridine rings is 1. The third-order valence-corrected chi connectivity index (χ3v) is 2.47. The van der Waals surface area contributed by atoms with Crippen molar-refractivity contribution < 1.29 is 4.74 Å². The summed E-state index contributed by atoms with van der Waals surface area (Å²) in [6, 6.07) is 11.6. The van der Waals surface area contributed by atoms with Crippen LogP contribution in [-0.4, -0.2) is 17.8 Å². The van der Waals surface area contributed by atoms with E-state index in [1.807, 2.05) is 43.3 Å². The summed E-state index contributed by atoms with van der Waals surface area (Å²) in [6.45, 7) is 1.99. The van der Waals surface area contributed by atoms with E-state index in [1.54, 1.807) is 19.5 Å². The van der Waals surface area contributed by atoms with Crippen molar-refractivity contribution in [3.05, 3.63) is 54.4 Å². The van der Waals surface area contributed by atoms with Crippen molar-refractivity contribution in [2.75, 3.05) is 7.11 Å². The molecule has 1 aromatic heterocycles. The molecule has 0 fully saturated rings. The van der Waals surface area contributed by atoms with Gasteiger partial charge in [0.15, 0.2) is 0 Å². The molecule has 0 aliphatic rings. The Hall–Kier alpha value is -2.16. The first-order chi connectivity index (χ1) is 8.29. The van der Waals surface area contributed by atoms with Gasteiger partial charge < -0.3 is 4.74 Å². The molecule has 2 rings (SSSR count). The summed E-state index contributed by atoms with van der Waals surface area (Å²) in [5, 5.41) is 0. The molecule has 0 spiro atoms. The van der Waals surface area contributed by atoms with Gasteiger partial charge >= 0.3 is 0 Å². The van der Waals surface area contributed by atoms with Crippen molar-refractivity contribution in [1.29, 1.82) is 0 Å². The average Bonchev–Trinajstić information content (AvgIpc) is 2.40. The molecule has 17 heavy (non-hydrogen) atoms. The van der Waals surface area contributed by atoms with Crippen molar-refractivity contribution in [3.8, 4) is 5.75 Å². The highest BCUT2D eigenvalue weighted by Gasteiger charge is 1.97. The molecule has 2 aromatic rings. The number of benzene rings is 1. The fraction of sp³-hybridized carbons (Fsp3) is 0.143. The van der Waals surface area contributed by atoms with E-state index < -0.39 is 0 Å². The largest absolute Gasteiger partial charge is 0.497 e. The van der Waals surface area contributed by atoms with Crippen LogP contribution in [0.25, 0.3) is 0 Å². The van der Waals surface area contributed by atoms with Crippen LogP contribution >= 0.6 is 0 Å². The van der Waals surface area contributed by atoms with Gasteiger partial charge in [-0.3, -0.25) is 9.98 Å². The minimum atomic E-state index is 0.838. The summed E-state index contributed by atoms with van der Waals surface area (Å²) < 4.78 is 5.10. The van der Waals surface area contributed by atoms with Crippen molar-refractivity contribution in [2.24, 2.45) is 4.99 Å². The van der Waals surface area contributed by atoms with Crippen LogP contribution in [0.1, 0.15) is 12.5 Å². The highest BCUT2D eigenvalue weighted by Crippen LogP contribution is 2.18. The van der Waals surface area contributed by atoms with Crippen molar-refractivity contribution in [2.45, 2.75) is 6.92 Å². The molecule has 3 nitrogen and oxygen atoms in total. The van der Waals surface area contributed by atoms with E-state index in [2.05, 4.69) is 9.98 Å². The fourth-order valence-corrected chi connectivity index (χ4v) is 1.51. The first-order valence-corrected chi connectivity index (χ1v) is 5.39. The summed E-state index contributed by atoms with van der Waals surface area (Å²) in [4.78, 5) is 8.52. The van der Waals surface area contributed by atoms with Crippen LogP contribution < -0.4 is 4.74 Å². The Bertz CT molecular complexity index is 504. The standard InChI is InChI=1S/C14H14N2O/c1-11(12-7-9-15-10-8-12)16-13-3-5-14(17-2)6-4-13/h3-10H,1-2H3. The van der Waals surface area contributed by atoms with Crippen LogP contribution in [0.3, 0.4) is 0 Å². The topological polar surface area (TPSA) is 34.5 Å². The molecular weight excluding hydrogens is 212 g/mol.